The average molecular weight is 496 g/mol. The molecule has 0 amide bonds. The molecule has 0 radical (unpaired) electrons. The molecule has 4 aromatic rings. The van der Waals surface area contributed by atoms with Gasteiger partial charge < -0.3 is 0 Å². The maximum absolute atomic E-state index is 13.4. The molecule has 32 heavy (non-hydrogen) atoms. The molecule has 1 unspecified atom stereocenters. The number of nitrogens with zero attached hydrogens (tertiary/aromatic N) is 2. The number of alkyl halides is 1. The number of aromatic nitrogens is 2. The van der Waals surface area contributed by atoms with Crippen LogP contribution < -0.4 is 5.56 Å². The van der Waals surface area contributed by atoms with E-state index in [1.165, 1.54) is 6.42 Å². The first-order chi connectivity index (χ1) is 15.5. The first kappa shape index (κ1) is 25.8. The monoisotopic (exact) mass is 494 g/mol. The second-order valence-electron chi connectivity index (χ2n) is 7.92. The molecule has 0 N–H and O–H groups in total. The van der Waals surface area contributed by atoms with Crippen LogP contribution in [0.5, 0.6) is 0 Å². The van der Waals surface area contributed by atoms with Gasteiger partial charge >= 0.3 is 0 Å². The molecule has 0 saturated carbocycles. The molecule has 1 heterocycles. The predicted octanol–water partition coefficient (Wildman–Crippen LogP) is 8.13. The summed E-state index contributed by atoms with van der Waals surface area (Å²) in [5.41, 5.74) is 1.85. The van der Waals surface area contributed by atoms with Gasteiger partial charge in [-0.05, 0) is 34.4 Å². The van der Waals surface area contributed by atoms with E-state index in [1.807, 2.05) is 79.1 Å². The highest BCUT2D eigenvalue weighted by Crippen LogP contribution is 2.30. The van der Waals surface area contributed by atoms with Crippen molar-refractivity contribution in [3.8, 4) is 0 Å². The smallest absolute Gasteiger partial charge is 0.261 e. The minimum absolute atomic E-state index is 0.00443. The Kier molecular flexibility index (Phi) is 10.1. The van der Waals surface area contributed by atoms with Crippen LogP contribution in [0.25, 0.3) is 21.7 Å². The summed E-state index contributed by atoms with van der Waals surface area (Å²) in [6.45, 7) is 13.0. The molecule has 0 aliphatic heterocycles. The van der Waals surface area contributed by atoms with Gasteiger partial charge in [0.1, 0.15) is 5.82 Å². The molecule has 4 rings (SSSR count). The van der Waals surface area contributed by atoms with Crippen molar-refractivity contribution in [1.29, 1.82) is 0 Å². The molecule has 0 aliphatic rings. The molecule has 1 atom stereocenters. The van der Waals surface area contributed by atoms with Gasteiger partial charge in [0.05, 0.1) is 22.3 Å². The van der Waals surface area contributed by atoms with Crippen LogP contribution in [-0.2, 0) is 6.54 Å². The number of halogens is 1. The molecule has 0 fully saturated rings. The third-order valence-corrected chi connectivity index (χ3v) is 6.33. The highest BCUT2D eigenvalue weighted by Gasteiger charge is 2.21. The summed E-state index contributed by atoms with van der Waals surface area (Å²) < 4.78 is 1.81. The van der Waals surface area contributed by atoms with E-state index in [0.29, 0.717) is 17.8 Å². The summed E-state index contributed by atoms with van der Waals surface area (Å²) in [5.74, 6) is 1.10. The molecule has 1 aromatic heterocycles. The number of fused-ring (bicyclic) bond motifs is 2. The van der Waals surface area contributed by atoms with Crippen molar-refractivity contribution in [1.82, 2.24) is 9.55 Å². The van der Waals surface area contributed by atoms with Crippen LogP contribution in [0.4, 0.5) is 0 Å². The van der Waals surface area contributed by atoms with Crippen molar-refractivity contribution in [2.45, 2.75) is 59.3 Å². The van der Waals surface area contributed by atoms with Gasteiger partial charge in [0.2, 0.25) is 0 Å². The van der Waals surface area contributed by atoms with Crippen molar-refractivity contribution in [3.05, 3.63) is 88.5 Å². The molecule has 170 valence electrons. The average Bonchev–Trinajstić information content (AvgIpc) is 2.82. The Hall–Kier alpha value is -2.46. The molecule has 3 nitrogen and oxygen atoms in total. The van der Waals surface area contributed by atoms with Crippen LogP contribution in [-0.4, -0.2) is 9.55 Å². The molecule has 0 aliphatic carbocycles. The first-order valence-electron chi connectivity index (χ1n) is 11.6. The number of hydrogen-bond donors (Lipinski definition) is 0. The van der Waals surface area contributed by atoms with Gasteiger partial charge in [0.25, 0.3) is 5.56 Å². The lowest BCUT2D eigenvalue weighted by Gasteiger charge is -2.20. The molecule has 0 bridgehead atoms. The van der Waals surface area contributed by atoms with E-state index >= 15 is 0 Å². The van der Waals surface area contributed by atoms with Gasteiger partial charge in [-0.25, -0.2) is 4.98 Å². The van der Waals surface area contributed by atoms with E-state index in [9.17, 15) is 4.79 Å². The Bertz CT molecular complexity index is 1180. The lowest BCUT2D eigenvalue weighted by atomic mass is 10.1. The third kappa shape index (κ3) is 6.07. The highest BCUT2D eigenvalue weighted by atomic mass is 79.9. The molecular formula is C28H35BrN2O. The molecule has 4 heteroatoms. The molecular weight excluding hydrogens is 460 g/mol. The van der Waals surface area contributed by atoms with E-state index in [0.717, 1.165) is 27.7 Å². The third-order valence-electron chi connectivity index (χ3n) is 4.87. The zero-order valence-corrected chi connectivity index (χ0v) is 21.7. The van der Waals surface area contributed by atoms with Gasteiger partial charge in [-0.1, -0.05) is 118 Å². The minimum atomic E-state index is 0.00443. The maximum atomic E-state index is 13.4. The van der Waals surface area contributed by atoms with Crippen LogP contribution >= 0.6 is 15.9 Å². The fourth-order valence-corrected chi connectivity index (χ4v) is 3.70. The summed E-state index contributed by atoms with van der Waals surface area (Å²) in [4.78, 5) is 18.4. The van der Waals surface area contributed by atoms with Gasteiger partial charge in [-0.15, -0.1) is 0 Å². The standard InChI is InChI=1S/C23H21BrN2O.C3H8.C2H6/c1-15(2)21(24)22-25-20-13-18-11-7-6-10-17(18)12-19(20)23(27)26(22)14-16-8-4-3-5-9-16;1-3-2;1-2/h3-13,15,21H,14H2,1-2H3;3H2,1-2H3;1-2H3. The lowest BCUT2D eigenvalue weighted by molar-refractivity contribution is 0.569. The van der Waals surface area contributed by atoms with Crippen molar-refractivity contribution in [2.24, 2.45) is 5.92 Å². The number of hydrogen-bond acceptors (Lipinski definition) is 2. The van der Waals surface area contributed by atoms with Crippen molar-refractivity contribution >= 4 is 37.6 Å². The van der Waals surface area contributed by atoms with Crippen LogP contribution in [0.3, 0.4) is 0 Å². The Morgan fingerprint density at radius 1 is 0.906 bits per heavy atom. The van der Waals surface area contributed by atoms with Crippen LogP contribution in [0, 0.1) is 5.92 Å². The van der Waals surface area contributed by atoms with Gasteiger partial charge in [0, 0.05) is 0 Å². The molecule has 0 spiro atoms. The zero-order chi connectivity index (χ0) is 23.7. The zero-order valence-electron chi connectivity index (χ0n) is 20.1. The Morgan fingerprint density at radius 2 is 1.44 bits per heavy atom. The summed E-state index contributed by atoms with van der Waals surface area (Å²) in [6.07, 6.45) is 1.25. The minimum Gasteiger partial charge on any atom is -0.291 e. The van der Waals surface area contributed by atoms with E-state index < -0.39 is 0 Å². The van der Waals surface area contributed by atoms with E-state index in [4.69, 9.17) is 4.98 Å². The number of rotatable bonds is 4. The van der Waals surface area contributed by atoms with Gasteiger partial charge in [-0.2, -0.15) is 0 Å². The first-order valence-corrected chi connectivity index (χ1v) is 12.5. The largest absolute Gasteiger partial charge is 0.291 e. The van der Waals surface area contributed by atoms with Gasteiger partial charge in [0.15, 0.2) is 0 Å². The van der Waals surface area contributed by atoms with Crippen LogP contribution in [0.2, 0.25) is 0 Å². The summed E-state index contributed by atoms with van der Waals surface area (Å²) in [7, 11) is 0. The fraction of sp³-hybridized carbons (Fsp3) is 0.357. The number of benzene rings is 3. The van der Waals surface area contributed by atoms with E-state index in [2.05, 4.69) is 49.7 Å². The maximum Gasteiger partial charge on any atom is 0.261 e. The van der Waals surface area contributed by atoms with Crippen LogP contribution in [0.1, 0.15) is 64.2 Å². The predicted molar refractivity (Wildman–Crippen MR) is 143 cm³/mol. The fourth-order valence-electron chi connectivity index (χ4n) is 3.35. The van der Waals surface area contributed by atoms with E-state index in [-0.39, 0.29) is 10.4 Å². The van der Waals surface area contributed by atoms with Crippen molar-refractivity contribution < 1.29 is 0 Å². The summed E-state index contributed by atoms with van der Waals surface area (Å²) >= 11 is 3.76. The van der Waals surface area contributed by atoms with Crippen molar-refractivity contribution in [3.63, 3.8) is 0 Å². The second kappa shape index (κ2) is 12.5. The second-order valence-corrected chi connectivity index (χ2v) is 8.90. The highest BCUT2D eigenvalue weighted by molar-refractivity contribution is 9.09. The molecule has 0 saturated heterocycles. The Morgan fingerprint density at radius 3 is 2.00 bits per heavy atom. The van der Waals surface area contributed by atoms with Crippen molar-refractivity contribution in [2.75, 3.05) is 0 Å². The topological polar surface area (TPSA) is 34.9 Å². The van der Waals surface area contributed by atoms with E-state index in [1.54, 1.807) is 0 Å². The lowest BCUT2D eigenvalue weighted by Crippen LogP contribution is -2.27. The SMILES string of the molecule is CC.CC(C)C(Br)c1nc2cc3ccccc3cc2c(=O)n1Cc1ccccc1.CCC. The van der Waals surface area contributed by atoms with Gasteiger partial charge in [-0.3, -0.25) is 9.36 Å². The Labute approximate surface area is 200 Å². The summed E-state index contributed by atoms with van der Waals surface area (Å²) in [6, 6.07) is 22.1. The van der Waals surface area contributed by atoms with Crippen LogP contribution in [0.15, 0.2) is 71.5 Å². The molecule has 3 aromatic carbocycles. The normalized spacial score (nSPS) is 11.5. The summed E-state index contributed by atoms with van der Waals surface area (Å²) in [5, 5.41) is 2.82. The Balaban J connectivity index is 0.000000671. The quantitative estimate of drug-likeness (QED) is 0.212.